The molecule has 2 aromatic rings. The average Bonchev–Trinajstić information content (AvgIpc) is 2.42. The van der Waals surface area contributed by atoms with Gasteiger partial charge in [-0.05, 0) is 42.5 Å². The molecule has 1 amide bonds. The van der Waals surface area contributed by atoms with Crippen LogP contribution in [0.15, 0.2) is 47.4 Å². The fourth-order valence-electron chi connectivity index (χ4n) is 1.61. The standard InChI is InChI=1S/C14H12Cl2N2O2S/c15-9-1-4-11(5-2-9)21(20)8-14(19)18-13-6-3-10(17)7-12(13)16/h1-7H,8,17H2,(H,18,19). The number of halogens is 2. The van der Waals surface area contributed by atoms with Crippen molar-refractivity contribution in [2.75, 3.05) is 16.8 Å². The van der Waals surface area contributed by atoms with Crippen LogP contribution in [0.1, 0.15) is 0 Å². The fourth-order valence-corrected chi connectivity index (χ4v) is 2.89. The highest BCUT2D eigenvalue weighted by molar-refractivity contribution is 7.85. The molecule has 0 aromatic heterocycles. The Hall–Kier alpha value is -1.56. The molecule has 1 atom stereocenters. The van der Waals surface area contributed by atoms with Crippen molar-refractivity contribution in [2.45, 2.75) is 4.90 Å². The van der Waals surface area contributed by atoms with Gasteiger partial charge in [0.15, 0.2) is 0 Å². The van der Waals surface area contributed by atoms with Crippen LogP contribution in [0.3, 0.4) is 0 Å². The van der Waals surface area contributed by atoms with Gasteiger partial charge in [-0.2, -0.15) is 0 Å². The Balaban J connectivity index is 2.01. The maximum absolute atomic E-state index is 12.0. The van der Waals surface area contributed by atoms with E-state index in [1.165, 1.54) is 6.07 Å². The Morgan fingerprint density at radius 3 is 2.43 bits per heavy atom. The lowest BCUT2D eigenvalue weighted by atomic mass is 10.3. The van der Waals surface area contributed by atoms with Crippen molar-refractivity contribution < 1.29 is 9.00 Å². The number of anilines is 2. The minimum atomic E-state index is -1.44. The second-order valence-corrected chi connectivity index (χ2v) is 6.53. The largest absolute Gasteiger partial charge is 0.399 e. The lowest BCUT2D eigenvalue weighted by molar-refractivity contribution is -0.113. The van der Waals surface area contributed by atoms with Crippen LogP contribution in [0.2, 0.25) is 10.0 Å². The van der Waals surface area contributed by atoms with E-state index >= 15 is 0 Å². The van der Waals surface area contributed by atoms with Crippen molar-refractivity contribution in [3.05, 3.63) is 52.5 Å². The Morgan fingerprint density at radius 1 is 1.14 bits per heavy atom. The van der Waals surface area contributed by atoms with Crippen LogP contribution in [0, 0.1) is 0 Å². The van der Waals surface area contributed by atoms with Crippen molar-refractivity contribution in [3.63, 3.8) is 0 Å². The van der Waals surface area contributed by atoms with Gasteiger partial charge in [0.1, 0.15) is 5.75 Å². The molecule has 0 saturated heterocycles. The number of benzene rings is 2. The van der Waals surface area contributed by atoms with Crippen LogP contribution in [-0.4, -0.2) is 15.9 Å². The third-order valence-electron chi connectivity index (χ3n) is 2.61. The highest BCUT2D eigenvalue weighted by atomic mass is 35.5. The average molecular weight is 343 g/mol. The maximum atomic E-state index is 12.0. The number of hydrogen-bond acceptors (Lipinski definition) is 3. The molecular weight excluding hydrogens is 331 g/mol. The third-order valence-corrected chi connectivity index (χ3v) is 4.49. The molecule has 0 fully saturated rings. The van der Waals surface area contributed by atoms with Crippen LogP contribution < -0.4 is 11.1 Å². The normalized spacial score (nSPS) is 11.9. The molecule has 21 heavy (non-hydrogen) atoms. The molecule has 110 valence electrons. The Labute approximate surface area is 134 Å². The summed E-state index contributed by atoms with van der Waals surface area (Å²) in [7, 11) is -1.44. The summed E-state index contributed by atoms with van der Waals surface area (Å²) in [4.78, 5) is 12.4. The van der Waals surface area contributed by atoms with Gasteiger partial charge in [0.05, 0.1) is 21.5 Å². The molecule has 0 aliphatic heterocycles. The van der Waals surface area contributed by atoms with E-state index in [1.807, 2.05) is 0 Å². The quantitative estimate of drug-likeness (QED) is 0.837. The molecule has 0 bridgehead atoms. The molecule has 0 spiro atoms. The van der Waals surface area contributed by atoms with E-state index in [4.69, 9.17) is 28.9 Å². The van der Waals surface area contributed by atoms with E-state index in [2.05, 4.69) is 5.32 Å². The minimum Gasteiger partial charge on any atom is -0.399 e. The van der Waals surface area contributed by atoms with Gasteiger partial charge < -0.3 is 11.1 Å². The van der Waals surface area contributed by atoms with Gasteiger partial charge in [0.2, 0.25) is 5.91 Å². The van der Waals surface area contributed by atoms with Crippen molar-refractivity contribution in [3.8, 4) is 0 Å². The van der Waals surface area contributed by atoms with Crippen LogP contribution >= 0.6 is 23.2 Å². The van der Waals surface area contributed by atoms with Crippen LogP contribution in [0.25, 0.3) is 0 Å². The molecule has 0 saturated carbocycles. The molecule has 3 N–H and O–H groups in total. The molecule has 0 heterocycles. The summed E-state index contributed by atoms with van der Waals surface area (Å²) in [6, 6.07) is 11.3. The van der Waals surface area contributed by atoms with Gasteiger partial charge in [-0.3, -0.25) is 9.00 Å². The number of amides is 1. The zero-order valence-electron chi connectivity index (χ0n) is 10.8. The molecule has 2 rings (SSSR count). The second-order valence-electron chi connectivity index (χ2n) is 4.23. The maximum Gasteiger partial charge on any atom is 0.237 e. The Kier molecular flexibility index (Phi) is 5.22. The number of rotatable bonds is 4. The lowest BCUT2D eigenvalue weighted by Gasteiger charge is -2.08. The summed E-state index contributed by atoms with van der Waals surface area (Å²) in [5.74, 6) is -0.558. The molecule has 4 nitrogen and oxygen atoms in total. The van der Waals surface area contributed by atoms with Gasteiger partial charge in [0, 0.05) is 15.6 Å². The fraction of sp³-hybridized carbons (Fsp3) is 0.0714. The summed E-state index contributed by atoms with van der Waals surface area (Å²) in [6.07, 6.45) is 0. The number of carbonyl (C=O) groups is 1. The van der Waals surface area contributed by atoms with E-state index in [0.717, 1.165) is 0 Å². The highest BCUT2D eigenvalue weighted by Gasteiger charge is 2.12. The van der Waals surface area contributed by atoms with Crippen LogP contribution in [0.5, 0.6) is 0 Å². The number of nitrogens with one attached hydrogen (secondary N) is 1. The molecule has 0 aliphatic rings. The van der Waals surface area contributed by atoms with Crippen molar-refractivity contribution >= 4 is 51.3 Å². The minimum absolute atomic E-state index is 0.164. The zero-order valence-corrected chi connectivity index (χ0v) is 13.1. The van der Waals surface area contributed by atoms with Crippen molar-refractivity contribution in [1.82, 2.24) is 0 Å². The number of hydrogen-bond donors (Lipinski definition) is 2. The Bertz CT molecular complexity index is 690. The van der Waals surface area contributed by atoms with E-state index in [1.54, 1.807) is 36.4 Å². The second kappa shape index (κ2) is 6.93. The third kappa shape index (κ3) is 4.46. The highest BCUT2D eigenvalue weighted by Crippen LogP contribution is 2.24. The van der Waals surface area contributed by atoms with Crippen LogP contribution in [-0.2, 0) is 15.6 Å². The van der Waals surface area contributed by atoms with Crippen molar-refractivity contribution in [1.29, 1.82) is 0 Å². The molecule has 0 aliphatic carbocycles. The molecule has 1 unspecified atom stereocenters. The van der Waals surface area contributed by atoms with E-state index in [9.17, 15) is 9.00 Å². The van der Waals surface area contributed by atoms with E-state index < -0.39 is 16.7 Å². The van der Waals surface area contributed by atoms with Gasteiger partial charge in [-0.1, -0.05) is 23.2 Å². The monoisotopic (exact) mass is 342 g/mol. The molecule has 0 radical (unpaired) electrons. The zero-order chi connectivity index (χ0) is 15.4. The predicted molar refractivity (Wildman–Crippen MR) is 87.2 cm³/mol. The van der Waals surface area contributed by atoms with Crippen molar-refractivity contribution in [2.24, 2.45) is 0 Å². The Morgan fingerprint density at radius 2 is 1.81 bits per heavy atom. The summed E-state index contributed by atoms with van der Waals surface area (Å²) in [5.41, 5.74) is 6.51. The number of nitrogen functional groups attached to an aromatic ring is 1. The van der Waals surface area contributed by atoms with Gasteiger partial charge in [0.25, 0.3) is 0 Å². The smallest absolute Gasteiger partial charge is 0.237 e. The summed E-state index contributed by atoms with van der Waals surface area (Å²) in [6.45, 7) is 0. The topological polar surface area (TPSA) is 72.2 Å². The number of carbonyl (C=O) groups excluding carboxylic acids is 1. The molecular formula is C14H12Cl2N2O2S. The summed E-state index contributed by atoms with van der Waals surface area (Å²) in [5, 5.41) is 3.49. The first kappa shape index (κ1) is 15.8. The first-order valence-corrected chi connectivity index (χ1v) is 8.02. The first-order chi connectivity index (χ1) is 9.95. The molecule has 7 heteroatoms. The molecule has 2 aromatic carbocycles. The predicted octanol–water partition coefficient (Wildman–Crippen LogP) is 3.32. The summed E-state index contributed by atoms with van der Waals surface area (Å²) >= 11 is 11.7. The van der Waals surface area contributed by atoms with Gasteiger partial charge in [-0.25, -0.2) is 0 Å². The van der Waals surface area contributed by atoms with E-state index in [-0.39, 0.29) is 5.75 Å². The SMILES string of the molecule is Nc1ccc(NC(=O)CS(=O)c2ccc(Cl)cc2)c(Cl)c1. The lowest BCUT2D eigenvalue weighted by Crippen LogP contribution is -2.19. The van der Waals surface area contributed by atoms with Crippen LogP contribution in [0.4, 0.5) is 11.4 Å². The first-order valence-electron chi connectivity index (χ1n) is 5.94. The summed E-state index contributed by atoms with van der Waals surface area (Å²) < 4.78 is 12.0. The van der Waals surface area contributed by atoms with Gasteiger partial charge >= 0.3 is 0 Å². The van der Waals surface area contributed by atoms with Gasteiger partial charge in [-0.15, -0.1) is 0 Å². The van der Waals surface area contributed by atoms with E-state index in [0.29, 0.717) is 26.3 Å². The number of nitrogens with two attached hydrogens (primary N) is 1.